The fourth-order valence-corrected chi connectivity index (χ4v) is 0.778. The van der Waals surface area contributed by atoms with Gasteiger partial charge in [-0.25, -0.2) is 13.8 Å². The van der Waals surface area contributed by atoms with Crippen LogP contribution in [0.2, 0.25) is 0 Å². The molecule has 70 valence electrons. The number of alkyl halides is 2. The summed E-state index contributed by atoms with van der Waals surface area (Å²) in [4.78, 5) is 14.3. The lowest BCUT2D eigenvalue weighted by molar-refractivity contribution is 0.0672. The average molecular weight is 187 g/mol. The molecule has 1 aromatic heterocycles. The van der Waals surface area contributed by atoms with Crippen molar-refractivity contribution < 1.29 is 18.3 Å². The first-order chi connectivity index (χ1) is 6.15. The van der Waals surface area contributed by atoms with Crippen molar-refractivity contribution >= 4 is 5.78 Å². The Morgan fingerprint density at radius 1 is 1.54 bits per heavy atom. The van der Waals surface area contributed by atoms with E-state index in [1.54, 1.807) is 0 Å². The van der Waals surface area contributed by atoms with Gasteiger partial charge in [-0.2, -0.15) is 0 Å². The van der Waals surface area contributed by atoms with Gasteiger partial charge in [0, 0.05) is 6.07 Å². The van der Waals surface area contributed by atoms with Crippen molar-refractivity contribution in [2.24, 2.45) is 0 Å². The van der Waals surface area contributed by atoms with Crippen LogP contribution in [0.5, 0.6) is 5.88 Å². The summed E-state index contributed by atoms with van der Waals surface area (Å²) in [6.07, 6.45) is -3.03. The van der Waals surface area contributed by atoms with Gasteiger partial charge < -0.3 is 4.74 Å². The number of carbonyl (C=O) groups excluding carboxylic acids is 1. The highest BCUT2D eigenvalue weighted by atomic mass is 19.3. The van der Waals surface area contributed by atoms with E-state index < -0.39 is 12.2 Å². The molecule has 0 unspecified atom stereocenters. The summed E-state index contributed by atoms with van der Waals surface area (Å²) in [5.74, 6) is -1.15. The number of hydrogen-bond donors (Lipinski definition) is 0. The summed E-state index contributed by atoms with van der Waals surface area (Å²) in [5.41, 5.74) is -0.283. The lowest BCUT2D eigenvalue weighted by Crippen LogP contribution is -2.12. The fourth-order valence-electron chi connectivity index (χ4n) is 0.778. The standard InChI is InChI=1S/C8H7F2NO2/c1-13-6-4-2-3-5(11-6)7(12)8(9)10/h2-4,8H,1H3. The molecule has 3 nitrogen and oxygen atoms in total. The zero-order valence-electron chi connectivity index (χ0n) is 6.83. The van der Waals surface area contributed by atoms with Crippen molar-refractivity contribution in [3.05, 3.63) is 23.9 Å². The summed E-state index contributed by atoms with van der Waals surface area (Å²) < 4.78 is 28.5. The van der Waals surface area contributed by atoms with Crippen molar-refractivity contribution in [3.8, 4) is 5.88 Å². The van der Waals surface area contributed by atoms with Crippen LogP contribution in [-0.2, 0) is 0 Å². The number of pyridine rings is 1. The van der Waals surface area contributed by atoms with Gasteiger partial charge in [-0.1, -0.05) is 6.07 Å². The summed E-state index contributed by atoms with van der Waals surface area (Å²) in [5, 5.41) is 0. The van der Waals surface area contributed by atoms with E-state index in [1.807, 2.05) is 0 Å². The molecule has 0 amide bonds. The highest BCUT2D eigenvalue weighted by Crippen LogP contribution is 2.10. The number of nitrogens with zero attached hydrogens (tertiary/aromatic N) is 1. The van der Waals surface area contributed by atoms with E-state index in [4.69, 9.17) is 0 Å². The van der Waals surface area contributed by atoms with E-state index >= 15 is 0 Å². The van der Waals surface area contributed by atoms with E-state index in [1.165, 1.54) is 25.3 Å². The maximum absolute atomic E-state index is 11.9. The summed E-state index contributed by atoms with van der Waals surface area (Å²) in [6.45, 7) is 0. The van der Waals surface area contributed by atoms with Crippen molar-refractivity contribution in [2.45, 2.75) is 6.43 Å². The van der Waals surface area contributed by atoms with Gasteiger partial charge in [0.1, 0.15) is 5.69 Å². The summed E-state index contributed by atoms with van der Waals surface area (Å²) in [7, 11) is 1.35. The quantitative estimate of drug-likeness (QED) is 0.673. The van der Waals surface area contributed by atoms with Crippen LogP contribution in [0.15, 0.2) is 18.2 Å². The highest BCUT2D eigenvalue weighted by Gasteiger charge is 2.19. The second kappa shape index (κ2) is 3.93. The second-order valence-electron chi connectivity index (χ2n) is 2.23. The molecule has 0 bridgehead atoms. The molecule has 0 N–H and O–H groups in total. The van der Waals surface area contributed by atoms with Crippen LogP contribution in [0.3, 0.4) is 0 Å². The Morgan fingerprint density at radius 3 is 2.77 bits per heavy atom. The van der Waals surface area contributed by atoms with Gasteiger partial charge in [0.05, 0.1) is 7.11 Å². The van der Waals surface area contributed by atoms with Crippen LogP contribution < -0.4 is 4.74 Å². The number of ether oxygens (including phenoxy) is 1. The van der Waals surface area contributed by atoms with Crippen LogP contribution in [0.1, 0.15) is 10.5 Å². The Hall–Kier alpha value is -1.52. The largest absolute Gasteiger partial charge is 0.481 e. The number of carbonyl (C=O) groups is 1. The minimum atomic E-state index is -3.03. The molecule has 0 saturated heterocycles. The first-order valence-electron chi connectivity index (χ1n) is 3.48. The minimum absolute atomic E-state index is 0.145. The van der Waals surface area contributed by atoms with Gasteiger partial charge in [-0.3, -0.25) is 4.79 Å². The predicted octanol–water partition coefficient (Wildman–Crippen LogP) is 1.54. The molecule has 0 atom stereocenters. The van der Waals surface area contributed by atoms with Crippen LogP contribution >= 0.6 is 0 Å². The van der Waals surface area contributed by atoms with E-state index in [-0.39, 0.29) is 11.6 Å². The Balaban J connectivity index is 2.95. The third-order valence-electron chi connectivity index (χ3n) is 1.38. The molecular weight excluding hydrogens is 180 g/mol. The molecule has 0 spiro atoms. The number of aromatic nitrogens is 1. The normalized spacial score (nSPS) is 10.2. The van der Waals surface area contributed by atoms with Crippen LogP contribution in [-0.4, -0.2) is 24.3 Å². The summed E-state index contributed by atoms with van der Waals surface area (Å²) in [6, 6.07) is 4.13. The van der Waals surface area contributed by atoms with Crippen molar-refractivity contribution in [3.63, 3.8) is 0 Å². The molecule has 13 heavy (non-hydrogen) atoms. The Labute approximate surface area is 73.4 Å². The topological polar surface area (TPSA) is 39.2 Å². The summed E-state index contributed by atoms with van der Waals surface area (Å²) >= 11 is 0. The fraction of sp³-hybridized carbons (Fsp3) is 0.250. The molecule has 0 aliphatic rings. The van der Waals surface area contributed by atoms with Crippen LogP contribution in [0.4, 0.5) is 8.78 Å². The number of ketones is 1. The van der Waals surface area contributed by atoms with Gasteiger partial charge in [0.15, 0.2) is 0 Å². The monoisotopic (exact) mass is 187 g/mol. The Kier molecular flexibility index (Phi) is 2.89. The van der Waals surface area contributed by atoms with E-state index in [2.05, 4.69) is 9.72 Å². The molecule has 1 heterocycles. The zero-order valence-corrected chi connectivity index (χ0v) is 6.83. The van der Waals surface area contributed by atoms with E-state index in [0.717, 1.165) is 0 Å². The van der Waals surface area contributed by atoms with Crippen molar-refractivity contribution in [2.75, 3.05) is 7.11 Å². The molecule has 0 saturated carbocycles. The molecule has 0 aliphatic heterocycles. The van der Waals surface area contributed by atoms with Crippen molar-refractivity contribution in [1.29, 1.82) is 0 Å². The van der Waals surface area contributed by atoms with Gasteiger partial charge >= 0.3 is 6.43 Å². The zero-order chi connectivity index (χ0) is 9.84. The highest BCUT2D eigenvalue weighted by molar-refractivity contribution is 5.96. The van der Waals surface area contributed by atoms with Gasteiger partial charge in [0.25, 0.3) is 0 Å². The lowest BCUT2D eigenvalue weighted by atomic mass is 10.2. The molecule has 5 heteroatoms. The number of halogens is 2. The maximum atomic E-state index is 11.9. The third-order valence-corrected chi connectivity index (χ3v) is 1.38. The molecule has 0 fully saturated rings. The lowest BCUT2D eigenvalue weighted by Gasteiger charge is -2.01. The maximum Gasteiger partial charge on any atom is 0.302 e. The van der Waals surface area contributed by atoms with Crippen molar-refractivity contribution in [1.82, 2.24) is 4.98 Å². The van der Waals surface area contributed by atoms with E-state index in [0.29, 0.717) is 0 Å². The molecule has 0 aliphatic carbocycles. The minimum Gasteiger partial charge on any atom is -0.481 e. The molecule has 0 radical (unpaired) electrons. The Morgan fingerprint density at radius 2 is 2.23 bits per heavy atom. The smallest absolute Gasteiger partial charge is 0.302 e. The third kappa shape index (κ3) is 2.21. The first-order valence-corrected chi connectivity index (χ1v) is 3.48. The molecular formula is C8H7F2NO2. The van der Waals surface area contributed by atoms with Gasteiger partial charge in [-0.05, 0) is 6.07 Å². The Bertz CT molecular complexity index is 315. The molecule has 0 aromatic carbocycles. The number of Topliss-reactive ketones (excluding diaryl/α,β-unsaturated/α-hetero) is 1. The number of rotatable bonds is 3. The number of methoxy groups -OCH3 is 1. The van der Waals surface area contributed by atoms with Gasteiger partial charge in [-0.15, -0.1) is 0 Å². The predicted molar refractivity (Wildman–Crippen MR) is 41.1 cm³/mol. The first kappa shape index (κ1) is 9.57. The van der Waals surface area contributed by atoms with Gasteiger partial charge in [0.2, 0.25) is 11.7 Å². The average Bonchev–Trinajstić information content (AvgIpc) is 2.16. The molecule has 1 rings (SSSR count). The number of hydrogen-bond acceptors (Lipinski definition) is 3. The second-order valence-corrected chi connectivity index (χ2v) is 2.23. The SMILES string of the molecule is COc1cccc(C(=O)C(F)F)n1. The van der Waals surface area contributed by atoms with Crippen LogP contribution in [0.25, 0.3) is 0 Å². The van der Waals surface area contributed by atoms with Crippen LogP contribution in [0, 0.1) is 0 Å². The molecule has 1 aromatic rings. The van der Waals surface area contributed by atoms with E-state index in [9.17, 15) is 13.6 Å².